The van der Waals surface area contributed by atoms with E-state index >= 15 is 0 Å². The molecular weight excluding hydrogens is 266 g/mol. The van der Waals surface area contributed by atoms with Crippen molar-refractivity contribution in [3.63, 3.8) is 0 Å². The van der Waals surface area contributed by atoms with Crippen LogP contribution in [0.3, 0.4) is 0 Å². The smallest absolute Gasteiger partial charge is 0.161 e. The average molecular weight is 285 g/mol. The van der Waals surface area contributed by atoms with E-state index in [0.717, 1.165) is 17.7 Å². The van der Waals surface area contributed by atoms with E-state index in [9.17, 15) is 0 Å². The summed E-state index contributed by atoms with van der Waals surface area (Å²) in [5, 5.41) is 7.39. The molecule has 2 rings (SSSR count). The third-order valence-corrected chi connectivity index (χ3v) is 2.81. The van der Waals surface area contributed by atoms with E-state index in [0.29, 0.717) is 24.7 Å². The first-order chi connectivity index (χ1) is 10.2. The molecule has 5 nitrogen and oxygen atoms in total. The Morgan fingerprint density at radius 2 is 1.90 bits per heavy atom. The van der Waals surface area contributed by atoms with E-state index in [-0.39, 0.29) is 5.84 Å². The second kappa shape index (κ2) is 7.28. The molecule has 1 aromatic heterocycles. The molecule has 5 heteroatoms. The summed E-state index contributed by atoms with van der Waals surface area (Å²) in [5.41, 5.74) is 6.78. The zero-order valence-electron chi connectivity index (χ0n) is 12.0. The predicted octanol–water partition coefficient (Wildman–Crippen LogP) is 2.73. The van der Waals surface area contributed by atoms with Crippen LogP contribution in [0.15, 0.2) is 42.6 Å². The fourth-order valence-corrected chi connectivity index (χ4v) is 1.77. The van der Waals surface area contributed by atoms with Crippen LogP contribution in [0.1, 0.15) is 24.6 Å². The molecule has 110 valence electrons. The lowest BCUT2D eigenvalue weighted by atomic mass is 10.2. The van der Waals surface area contributed by atoms with Crippen LogP contribution in [0.25, 0.3) is 0 Å². The zero-order valence-corrected chi connectivity index (χ0v) is 12.0. The van der Waals surface area contributed by atoms with Crippen molar-refractivity contribution in [1.29, 1.82) is 5.41 Å². The van der Waals surface area contributed by atoms with E-state index < -0.39 is 0 Å². The van der Waals surface area contributed by atoms with Gasteiger partial charge in [0.2, 0.25) is 0 Å². The summed E-state index contributed by atoms with van der Waals surface area (Å²) in [6.45, 7) is 3.09. The van der Waals surface area contributed by atoms with Gasteiger partial charge in [-0.2, -0.15) is 0 Å². The number of hydrogen-bond donors (Lipinski definition) is 2. The molecule has 3 N–H and O–H groups in total. The summed E-state index contributed by atoms with van der Waals surface area (Å²) >= 11 is 0. The van der Waals surface area contributed by atoms with Gasteiger partial charge in [-0.15, -0.1) is 0 Å². The van der Waals surface area contributed by atoms with Crippen molar-refractivity contribution in [2.24, 2.45) is 5.73 Å². The van der Waals surface area contributed by atoms with Gasteiger partial charge in [-0.1, -0.05) is 19.1 Å². The third kappa shape index (κ3) is 4.21. The van der Waals surface area contributed by atoms with Crippen molar-refractivity contribution < 1.29 is 9.47 Å². The van der Waals surface area contributed by atoms with Crippen LogP contribution in [-0.2, 0) is 6.61 Å². The Labute approximate surface area is 124 Å². The molecule has 0 aliphatic carbocycles. The minimum absolute atomic E-state index is 0.0523. The van der Waals surface area contributed by atoms with Crippen LogP contribution < -0.4 is 15.2 Å². The number of benzene rings is 1. The number of amidine groups is 1. The van der Waals surface area contributed by atoms with E-state index in [4.69, 9.17) is 20.6 Å². The van der Waals surface area contributed by atoms with Gasteiger partial charge in [-0.25, -0.2) is 0 Å². The Balaban J connectivity index is 2.06. The second-order valence-electron chi connectivity index (χ2n) is 4.55. The van der Waals surface area contributed by atoms with Gasteiger partial charge < -0.3 is 15.2 Å². The fourth-order valence-electron chi connectivity index (χ4n) is 1.77. The standard InChI is InChI=1S/C16H19N3O2/c1-2-9-20-14-5-3-4-6-15(14)21-11-12-7-8-19-13(10-12)16(17)18/h3-8,10H,2,9,11H2,1H3,(H3,17,18). The first-order valence-corrected chi connectivity index (χ1v) is 6.84. The highest BCUT2D eigenvalue weighted by molar-refractivity contribution is 5.93. The number of nitrogens with zero attached hydrogens (tertiary/aromatic N) is 1. The Morgan fingerprint density at radius 1 is 1.19 bits per heavy atom. The minimum Gasteiger partial charge on any atom is -0.490 e. The topological polar surface area (TPSA) is 81.2 Å². The van der Waals surface area contributed by atoms with Crippen LogP contribution in [0.5, 0.6) is 11.5 Å². The third-order valence-electron chi connectivity index (χ3n) is 2.81. The van der Waals surface area contributed by atoms with Crippen molar-refractivity contribution in [3.8, 4) is 11.5 Å². The van der Waals surface area contributed by atoms with Gasteiger partial charge in [0.1, 0.15) is 18.1 Å². The summed E-state index contributed by atoms with van der Waals surface area (Å²) in [6, 6.07) is 11.2. The molecule has 1 aromatic carbocycles. The molecule has 0 bridgehead atoms. The summed E-state index contributed by atoms with van der Waals surface area (Å²) in [7, 11) is 0. The maximum atomic E-state index is 7.39. The Hall–Kier alpha value is -2.56. The number of nitrogen functional groups attached to an aromatic ring is 1. The highest BCUT2D eigenvalue weighted by Gasteiger charge is 2.05. The number of aromatic nitrogens is 1. The van der Waals surface area contributed by atoms with E-state index in [1.165, 1.54) is 0 Å². The minimum atomic E-state index is -0.0523. The van der Waals surface area contributed by atoms with E-state index in [1.54, 1.807) is 12.3 Å². The highest BCUT2D eigenvalue weighted by atomic mass is 16.5. The predicted molar refractivity (Wildman–Crippen MR) is 81.8 cm³/mol. The van der Waals surface area contributed by atoms with Crippen molar-refractivity contribution in [2.45, 2.75) is 20.0 Å². The number of hydrogen-bond acceptors (Lipinski definition) is 4. The molecule has 0 aliphatic heterocycles. The van der Waals surface area contributed by atoms with Gasteiger partial charge in [0.15, 0.2) is 11.5 Å². The van der Waals surface area contributed by atoms with Crippen molar-refractivity contribution in [3.05, 3.63) is 53.9 Å². The monoisotopic (exact) mass is 285 g/mol. The van der Waals surface area contributed by atoms with Crippen molar-refractivity contribution in [1.82, 2.24) is 4.98 Å². The Kier molecular flexibility index (Phi) is 5.15. The number of rotatable bonds is 7. The molecule has 0 saturated carbocycles. The first kappa shape index (κ1) is 14.8. The lowest BCUT2D eigenvalue weighted by Gasteiger charge is -2.12. The Morgan fingerprint density at radius 3 is 2.57 bits per heavy atom. The van der Waals surface area contributed by atoms with Crippen LogP contribution in [-0.4, -0.2) is 17.4 Å². The summed E-state index contributed by atoms with van der Waals surface area (Å²) in [4.78, 5) is 4.02. The normalized spacial score (nSPS) is 10.1. The SMILES string of the molecule is CCCOc1ccccc1OCc1ccnc(C(=N)N)c1. The summed E-state index contributed by atoms with van der Waals surface area (Å²) < 4.78 is 11.4. The van der Waals surface area contributed by atoms with Gasteiger partial charge in [-0.3, -0.25) is 10.4 Å². The molecular formula is C16H19N3O2. The van der Waals surface area contributed by atoms with E-state index in [1.807, 2.05) is 30.3 Å². The largest absolute Gasteiger partial charge is 0.490 e. The van der Waals surface area contributed by atoms with Crippen LogP contribution in [0, 0.1) is 5.41 Å². The molecule has 21 heavy (non-hydrogen) atoms. The Bertz CT molecular complexity index is 614. The van der Waals surface area contributed by atoms with Gasteiger partial charge in [0.25, 0.3) is 0 Å². The maximum Gasteiger partial charge on any atom is 0.161 e. The summed E-state index contributed by atoms with van der Waals surface area (Å²) in [6.07, 6.45) is 2.57. The molecule has 0 aliphatic rings. The van der Waals surface area contributed by atoms with Crippen molar-refractivity contribution in [2.75, 3.05) is 6.61 Å². The highest BCUT2D eigenvalue weighted by Crippen LogP contribution is 2.27. The molecule has 2 aromatic rings. The maximum absolute atomic E-state index is 7.39. The number of nitrogens with two attached hydrogens (primary N) is 1. The lowest BCUT2D eigenvalue weighted by Crippen LogP contribution is -2.13. The molecule has 1 heterocycles. The van der Waals surface area contributed by atoms with Crippen LogP contribution in [0.2, 0.25) is 0 Å². The second-order valence-corrected chi connectivity index (χ2v) is 4.55. The van der Waals surface area contributed by atoms with Gasteiger partial charge >= 0.3 is 0 Å². The fraction of sp³-hybridized carbons (Fsp3) is 0.250. The van der Waals surface area contributed by atoms with Crippen molar-refractivity contribution >= 4 is 5.84 Å². The van der Waals surface area contributed by atoms with Gasteiger partial charge in [-0.05, 0) is 36.2 Å². The lowest BCUT2D eigenvalue weighted by molar-refractivity contribution is 0.262. The molecule has 0 radical (unpaired) electrons. The average Bonchev–Trinajstić information content (AvgIpc) is 2.52. The number of para-hydroxylation sites is 2. The van der Waals surface area contributed by atoms with Crippen LogP contribution >= 0.6 is 0 Å². The number of nitrogens with one attached hydrogen (secondary N) is 1. The molecule has 0 fully saturated rings. The van der Waals surface area contributed by atoms with Gasteiger partial charge in [0, 0.05) is 6.20 Å². The molecule has 0 unspecified atom stereocenters. The molecule has 0 spiro atoms. The van der Waals surface area contributed by atoms with Crippen LogP contribution in [0.4, 0.5) is 0 Å². The zero-order chi connectivity index (χ0) is 15.1. The summed E-state index contributed by atoms with van der Waals surface area (Å²) in [5.74, 6) is 1.39. The van der Waals surface area contributed by atoms with Gasteiger partial charge in [0.05, 0.1) is 6.61 Å². The first-order valence-electron chi connectivity index (χ1n) is 6.84. The quantitative estimate of drug-likeness (QED) is 0.605. The van der Waals surface area contributed by atoms with E-state index in [2.05, 4.69) is 11.9 Å². The molecule has 0 amide bonds. The molecule has 0 atom stereocenters. The number of pyridine rings is 1. The molecule has 0 saturated heterocycles. The number of ether oxygens (including phenoxy) is 2.